The first-order valence-electron chi connectivity index (χ1n) is 7.40. The lowest BCUT2D eigenvalue weighted by molar-refractivity contribution is 0.317. The Morgan fingerprint density at radius 1 is 1.15 bits per heavy atom. The smallest absolute Gasteiger partial charge is 0.125 e. The fourth-order valence-corrected chi connectivity index (χ4v) is 2.14. The molecule has 0 aliphatic rings. The van der Waals surface area contributed by atoms with Gasteiger partial charge in [0.15, 0.2) is 0 Å². The normalized spacial score (nSPS) is 11.6. The summed E-state index contributed by atoms with van der Waals surface area (Å²) in [5, 5.41) is 22.4. The maximum absolute atomic E-state index is 9.90. The summed E-state index contributed by atoms with van der Waals surface area (Å²) in [6.07, 6.45) is 6.36. The van der Waals surface area contributed by atoms with Crippen molar-refractivity contribution in [2.45, 2.75) is 52.4 Å². The van der Waals surface area contributed by atoms with Crippen LogP contribution in [0.5, 0.6) is 11.5 Å². The molecule has 0 fully saturated rings. The van der Waals surface area contributed by atoms with E-state index < -0.39 is 0 Å². The number of rotatable bonds is 9. The molecule has 0 aliphatic carbocycles. The van der Waals surface area contributed by atoms with Crippen LogP contribution in [0.3, 0.4) is 0 Å². The van der Waals surface area contributed by atoms with Crippen molar-refractivity contribution in [2.24, 2.45) is 5.16 Å². The van der Waals surface area contributed by atoms with Gasteiger partial charge < -0.3 is 15.1 Å². The molecule has 0 saturated carbocycles. The summed E-state index contributed by atoms with van der Waals surface area (Å²) >= 11 is 0. The highest BCUT2D eigenvalue weighted by atomic mass is 16.5. The molecule has 0 radical (unpaired) electrons. The Labute approximate surface area is 121 Å². The van der Waals surface area contributed by atoms with E-state index in [1.165, 1.54) is 19.3 Å². The largest absolute Gasteiger partial charge is 0.507 e. The number of unbranched alkanes of at least 4 members (excludes halogenated alkanes) is 4. The van der Waals surface area contributed by atoms with E-state index in [0.717, 1.165) is 12.8 Å². The second-order valence-corrected chi connectivity index (χ2v) is 4.82. The van der Waals surface area contributed by atoms with Crippen molar-refractivity contribution in [3.63, 3.8) is 0 Å². The molecule has 0 aliphatic heterocycles. The number of hydrogen-bond donors (Lipinski definition) is 2. The third-order valence-corrected chi connectivity index (χ3v) is 3.23. The van der Waals surface area contributed by atoms with Gasteiger partial charge in [-0.1, -0.05) is 37.8 Å². The first-order valence-corrected chi connectivity index (χ1v) is 7.40. The van der Waals surface area contributed by atoms with Gasteiger partial charge in [0.2, 0.25) is 0 Å². The lowest BCUT2D eigenvalue weighted by Gasteiger charge is -2.10. The van der Waals surface area contributed by atoms with E-state index in [2.05, 4.69) is 12.1 Å². The van der Waals surface area contributed by atoms with Gasteiger partial charge in [-0.2, -0.15) is 0 Å². The highest BCUT2D eigenvalue weighted by Gasteiger charge is 2.11. The monoisotopic (exact) mass is 279 g/mol. The summed E-state index contributed by atoms with van der Waals surface area (Å²) in [5.41, 5.74) is 1.06. The Kier molecular flexibility index (Phi) is 7.55. The van der Waals surface area contributed by atoms with Crippen molar-refractivity contribution >= 4 is 5.71 Å². The minimum atomic E-state index is 0.120. The van der Waals surface area contributed by atoms with Crippen LogP contribution in [0.25, 0.3) is 0 Å². The van der Waals surface area contributed by atoms with Crippen LogP contribution >= 0.6 is 0 Å². The third kappa shape index (κ3) is 5.11. The number of nitrogens with zero attached hydrogens (tertiary/aromatic N) is 1. The molecule has 0 amide bonds. The molecule has 0 bridgehead atoms. The molecular weight excluding hydrogens is 254 g/mol. The van der Waals surface area contributed by atoms with Crippen LogP contribution in [0.15, 0.2) is 23.4 Å². The summed E-state index contributed by atoms with van der Waals surface area (Å²) in [6.45, 7) is 4.64. The van der Waals surface area contributed by atoms with Crippen molar-refractivity contribution in [2.75, 3.05) is 6.61 Å². The zero-order chi connectivity index (χ0) is 14.8. The first-order chi connectivity index (χ1) is 9.72. The van der Waals surface area contributed by atoms with E-state index in [9.17, 15) is 5.11 Å². The third-order valence-electron chi connectivity index (χ3n) is 3.23. The van der Waals surface area contributed by atoms with Crippen LogP contribution in [0.2, 0.25) is 0 Å². The van der Waals surface area contributed by atoms with Gasteiger partial charge in [-0.3, -0.25) is 0 Å². The van der Waals surface area contributed by atoms with E-state index in [1.807, 2.05) is 6.92 Å². The van der Waals surface area contributed by atoms with Gasteiger partial charge >= 0.3 is 0 Å². The Balaban J connectivity index is 2.67. The molecule has 0 aromatic heterocycles. The van der Waals surface area contributed by atoms with E-state index >= 15 is 0 Å². The van der Waals surface area contributed by atoms with Crippen LogP contribution in [0.4, 0.5) is 0 Å². The molecule has 4 heteroatoms. The fraction of sp³-hybridized carbons (Fsp3) is 0.562. The topological polar surface area (TPSA) is 62.1 Å². The van der Waals surface area contributed by atoms with Gasteiger partial charge in [0.05, 0.1) is 12.3 Å². The van der Waals surface area contributed by atoms with E-state index in [0.29, 0.717) is 30.1 Å². The maximum Gasteiger partial charge on any atom is 0.125 e. The van der Waals surface area contributed by atoms with Crippen molar-refractivity contribution in [3.05, 3.63) is 23.8 Å². The summed E-state index contributed by atoms with van der Waals surface area (Å²) < 4.78 is 5.41. The molecule has 4 nitrogen and oxygen atoms in total. The summed E-state index contributed by atoms with van der Waals surface area (Å²) in [4.78, 5) is 0. The average molecular weight is 279 g/mol. The minimum absolute atomic E-state index is 0.120. The second-order valence-electron chi connectivity index (χ2n) is 4.82. The number of oxime groups is 1. The van der Waals surface area contributed by atoms with Crippen LogP contribution in [0, 0.1) is 0 Å². The molecule has 1 aromatic rings. The molecule has 20 heavy (non-hydrogen) atoms. The quantitative estimate of drug-likeness (QED) is 0.306. The SMILES string of the molecule is CCCCCCC/C(=N/O)c1cc(OCC)ccc1O. The standard InChI is InChI=1S/C16H25NO3/c1-3-5-6-7-8-9-15(17-19)14-12-13(20-4-2)10-11-16(14)18/h10-12,18-19H,3-9H2,1-2H3/b17-15-. The molecule has 1 aromatic carbocycles. The van der Waals surface area contributed by atoms with Gasteiger partial charge in [-0.15, -0.1) is 0 Å². The number of phenolic OH excluding ortho intramolecular Hbond substituents is 1. The van der Waals surface area contributed by atoms with E-state index in [-0.39, 0.29) is 5.75 Å². The minimum Gasteiger partial charge on any atom is -0.507 e. The van der Waals surface area contributed by atoms with Crippen molar-refractivity contribution < 1.29 is 15.1 Å². The number of aromatic hydroxyl groups is 1. The Morgan fingerprint density at radius 3 is 2.55 bits per heavy atom. The Morgan fingerprint density at radius 2 is 1.90 bits per heavy atom. The lowest BCUT2D eigenvalue weighted by Crippen LogP contribution is -2.03. The van der Waals surface area contributed by atoms with Crippen LogP contribution in [-0.2, 0) is 0 Å². The lowest BCUT2D eigenvalue weighted by atomic mass is 10.0. The van der Waals surface area contributed by atoms with Crippen molar-refractivity contribution in [1.82, 2.24) is 0 Å². The first kappa shape index (κ1) is 16.3. The van der Waals surface area contributed by atoms with Gasteiger partial charge in [0.1, 0.15) is 11.5 Å². The van der Waals surface area contributed by atoms with Crippen molar-refractivity contribution in [3.8, 4) is 11.5 Å². The molecular formula is C16H25NO3. The van der Waals surface area contributed by atoms with Gasteiger partial charge in [0.25, 0.3) is 0 Å². The van der Waals surface area contributed by atoms with Gasteiger partial charge in [-0.05, 0) is 38.0 Å². The number of hydrogen-bond acceptors (Lipinski definition) is 4. The molecule has 0 unspecified atom stereocenters. The maximum atomic E-state index is 9.90. The average Bonchev–Trinajstić information content (AvgIpc) is 2.46. The predicted octanol–water partition coefficient (Wildman–Crippen LogP) is 4.33. The van der Waals surface area contributed by atoms with Gasteiger partial charge in [0, 0.05) is 5.56 Å². The summed E-state index contributed by atoms with van der Waals surface area (Å²) in [5.74, 6) is 0.794. The summed E-state index contributed by atoms with van der Waals surface area (Å²) in [7, 11) is 0. The fourth-order valence-electron chi connectivity index (χ4n) is 2.14. The Hall–Kier alpha value is -1.71. The van der Waals surface area contributed by atoms with Gasteiger partial charge in [-0.25, -0.2) is 0 Å². The molecule has 0 saturated heterocycles. The Bertz CT molecular complexity index is 430. The highest BCUT2D eigenvalue weighted by molar-refractivity contribution is 6.02. The summed E-state index contributed by atoms with van der Waals surface area (Å²) in [6, 6.07) is 5.00. The molecule has 0 heterocycles. The molecule has 112 valence electrons. The molecule has 0 spiro atoms. The highest BCUT2D eigenvalue weighted by Crippen LogP contribution is 2.25. The second kappa shape index (κ2) is 9.23. The number of phenols is 1. The molecule has 0 atom stereocenters. The van der Waals surface area contributed by atoms with Crippen LogP contribution < -0.4 is 4.74 Å². The van der Waals surface area contributed by atoms with Crippen LogP contribution in [-0.4, -0.2) is 22.6 Å². The number of benzene rings is 1. The van der Waals surface area contributed by atoms with E-state index in [1.54, 1.807) is 18.2 Å². The number of ether oxygens (including phenoxy) is 1. The predicted molar refractivity (Wildman–Crippen MR) is 81.0 cm³/mol. The van der Waals surface area contributed by atoms with Crippen molar-refractivity contribution in [1.29, 1.82) is 0 Å². The molecule has 2 N–H and O–H groups in total. The van der Waals surface area contributed by atoms with E-state index in [4.69, 9.17) is 9.94 Å². The zero-order valence-corrected chi connectivity index (χ0v) is 12.4. The van der Waals surface area contributed by atoms with Crippen LogP contribution in [0.1, 0.15) is 57.9 Å². The zero-order valence-electron chi connectivity index (χ0n) is 12.4. The molecule has 1 rings (SSSR count).